The molecule has 0 aromatic heterocycles. The van der Waals surface area contributed by atoms with E-state index in [1.165, 1.54) is 57.4 Å². The number of oxime groups is 1. The Morgan fingerprint density at radius 1 is 0.822 bits per heavy atom. The summed E-state index contributed by atoms with van der Waals surface area (Å²) in [5.74, 6) is -1.89. The van der Waals surface area contributed by atoms with Crippen LogP contribution in [-0.2, 0) is 19.2 Å². The van der Waals surface area contributed by atoms with Gasteiger partial charge >= 0.3 is 5.97 Å². The van der Waals surface area contributed by atoms with Crippen LogP contribution in [0, 0.1) is 0 Å². The zero-order valence-corrected chi connectivity index (χ0v) is 27.2. The Labute approximate surface area is 267 Å². The van der Waals surface area contributed by atoms with Gasteiger partial charge in [0.15, 0.2) is 0 Å². The van der Waals surface area contributed by atoms with Crippen LogP contribution in [0.2, 0.25) is 0 Å². The maximum absolute atomic E-state index is 12.9. The lowest BCUT2D eigenvalue weighted by molar-refractivity contribution is -0.166. The van der Waals surface area contributed by atoms with Crippen molar-refractivity contribution in [2.45, 2.75) is 110 Å². The van der Waals surface area contributed by atoms with Gasteiger partial charge in [0.25, 0.3) is 0 Å². The van der Waals surface area contributed by atoms with Crippen LogP contribution in [-0.4, -0.2) is 47.4 Å². The molecule has 0 radical (unpaired) electrons. The lowest BCUT2D eigenvalue weighted by atomic mass is 9.98. The number of nitrogens with zero attached hydrogens (tertiary/aromatic N) is 1. The van der Waals surface area contributed by atoms with E-state index in [2.05, 4.69) is 17.4 Å². The second-order valence-corrected chi connectivity index (χ2v) is 12.5. The highest BCUT2D eigenvalue weighted by molar-refractivity contribution is 6.49. The summed E-state index contributed by atoms with van der Waals surface area (Å²) in [5.41, 5.74) is 1.88. The smallest absolute Gasteiger partial charge is 0.351 e. The number of benzene rings is 2. The summed E-state index contributed by atoms with van der Waals surface area (Å²) in [6.45, 7) is 8.24. The second-order valence-electron chi connectivity index (χ2n) is 12.5. The monoisotopic (exact) mass is 616 g/mol. The van der Waals surface area contributed by atoms with E-state index < -0.39 is 29.2 Å². The molecule has 1 unspecified atom stereocenters. The molecule has 1 heterocycles. The zero-order chi connectivity index (χ0) is 32.7. The first-order valence-electron chi connectivity index (χ1n) is 16.3. The number of carbonyl (C=O) groups is 4. The van der Waals surface area contributed by atoms with Gasteiger partial charge in [-0.1, -0.05) is 118 Å². The van der Waals surface area contributed by atoms with Crippen LogP contribution in [0.4, 0.5) is 0 Å². The Kier molecular flexibility index (Phi) is 14.2. The molecule has 8 heteroatoms. The number of ether oxygens (including phenoxy) is 1. The number of unbranched alkanes of at least 4 members (excludes halogenated alkanes) is 9. The van der Waals surface area contributed by atoms with Crippen molar-refractivity contribution >= 4 is 35.2 Å². The Bertz CT molecular complexity index is 1340. The van der Waals surface area contributed by atoms with E-state index in [0.29, 0.717) is 17.8 Å². The Hall–Kier alpha value is -4.07. The number of esters is 1. The molecule has 0 fully saturated rings. The third kappa shape index (κ3) is 12.4. The van der Waals surface area contributed by atoms with E-state index in [4.69, 9.17) is 9.57 Å². The van der Waals surface area contributed by atoms with Crippen molar-refractivity contribution in [3.63, 3.8) is 0 Å². The van der Waals surface area contributed by atoms with E-state index in [9.17, 15) is 19.2 Å². The maximum atomic E-state index is 12.9. The van der Waals surface area contributed by atoms with Gasteiger partial charge in [0.05, 0.1) is 5.71 Å². The highest BCUT2D eigenvalue weighted by atomic mass is 16.7. The molecule has 0 saturated heterocycles. The number of hydrogen-bond donors (Lipinski definition) is 1. The third-order valence-corrected chi connectivity index (χ3v) is 7.45. The summed E-state index contributed by atoms with van der Waals surface area (Å²) < 4.78 is 5.36. The van der Waals surface area contributed by atoms with Crippen molar-refractivity contribution in [2.75, 3.05) is 6.54 Å². The van der Waals surface area contributed by atoms with Gasteiger partial charge < -0.3 is 14.9 Å². The average molecular weight is 617 g/mol. The minimum atomic E-state index is -0.816. The maximum Gasteiger partial charge on any atom is 0.351 e. The number of carbonyl (C=O) groups excluding carboxylic acids is 4. The topological polar surface area (TPSA) is 111 Å². The molecular formula is C37H48N2O6. The molecule has 0 bridgehead atoms. The molecule has 2 aromatic carbocycles. The predicted octanol–water partition coefficient (Wildman–Crippen LogP) is 7.64. The number of hydrogen-bond acceptors (Lipinski definition) is 7. The number of Topliss-reactive ketones (excluding diaryl/α,β-unsaturated/α-hetero) is 2. The van der Waals surface area contributed by atoms with E-state index in [-0.39, 0.29) is 23.5 Å². The number of amides is 1. The molecule has 0 aliphatic carbocycles. The third-order valence-electron chi connectivity index (χ3n) is 7.45. The van der Waals surface area contributed by atoms with Gasteiger partial charge in [-0.25, -0.2) is 4.79 Å². The van der Waals surface area contributed by atoms with Crippen molar-refractivity contribution in [2.24, 2.45) is 5.16 Å². The van der Waals surface area contributed by atoms with Crippen LogP contribution in [0.5, 0.6) is 0 Å². The van der Waals surface area contributed by atoms with Crippen molar-refractivity contribution in [1.29, 1.82) is 0 Å². The molecule has 45 heavy (non-hydrogen) atoms. The summed E-state index contributed by atoms with van der Waals surface area (Å²) in [6, 6.07) is 13.0. The SMILES string of the molecule is CCCCCCCCCCCCNC(=O)/C=C/c1ccc(C(=O)C(=O)c2ccc(C3=NOC(C(=O)OC(C)(C)C)C3)cc2)cc1. The summed E-state index contributed by atoms with van der Waals surface area (Å²) >= 11 is 0. The first-order valence-corrected chi connectivity index (χ1v) is 16.3. The summed E-state index contributed by atoms with van der Waals surface area (Å²) in [4.78, 5) is 55.4. The van der Waals surface area contributed by atoms with Crippen LogP contribution in [0.3, 0.4) is 0 Å². The first kappa shape index (κ1) is 35.4. The van der Waals surface area contributed by atoms with Gasteiger partial charge in [0, 0.05) is 30.2 Å². The Balaban J connectivity index is 1.39. The fraction of sp³-hybridized carbons (Fsp3) is 0.486. The molecule has 1 atom stereocenters. The quantitative estimate of drug-likeness (QED) is 0.0606. The van der Waals surface area contributed by atoms with Crippen molar-refractivity contribution in [1.82, 2.24) is 5.32 Å². The lowest BCUT2D eigenvalue weighted by Crippen LogP contribution is -2.32. The largest absolute Gasteiger partial charge is 0.457 e. The number of rotatable bonds is 18. The minimum Gasteiger partial charge on any atom is -0.457 e. The summed E-state index contributed by atoms with van der Waals surface area (Å²) in [7, 11) is 0. The van der Waals surface area contributed by atoms with Gasteiger partial charge in [0.2, 0.25) is 23.6 Å². The van der Waals surface area contributed by atoms with Crippen LogP contribution in [0.1, 0.15) is 130 Å². The van der Waals surface area contributed by atoms with Gasteiger partial charge in [-0.15, -0.1) is 0 Å². The highest BCUT2D eigenvalue weighted by Gasteiger charge is 2.33. The van der Waals surface area contributed by atoms with Crippen LogP contribution in [0.25, 0.3) is 6.08 Å². The highest BCUT2D eigenvalue weighted by Crippen LogP contribution is 2.21. The van der Waals surface area contributed by atoms with Crippen LogP contribution in [0.15, 0.2) is 59.8 Å². The molecule has 2 aromatic rings. The van der Waals surface area contributed by atoms with Crippen molar-refractivity contribution < 1.29 is 28.8 Å². The fourth-order valence-corrected chi connectivity index (χ4v) is 4.92. The number of ketones is 2. The molecule has 0 saturated carbocycles. The second kappa shape index (κ2) is 18.0. The van der Waals surface area contributed by atoms with Gasteiger partial charge in [-0.2, -0.15) is 0 Å². The van der Waals surface area contributed by atoms with Crippen LogP contribution < -0.4 is 5.32 Å². The summed E-state index contributed by atoms with van der Waals surface area (Å²) in [6.07, 6.45) is 15.1. The molecule has 1 aliphatic rings. The van der Waals surface area contributed by atoms with Crippen molar-refractivity contribution in [3.05, 3.63) is 76.9 Å². The van der Waals surface area contributed by atoms with E-state index in [1.807, 2.05) is 0 Å². The number of nitrogens with one attached hydrogen (secondary N) is 1. The van der Waals surface area contributed by atoms with E-state index in [0.717, 1.165) is 18.4 Å². The Morgan fingerprint density at radius 3 is 1.91 bits per heavy atom. The molecule has 1 aliphatic heterocycles. The van der Waals surface area contributed by atoms with E-state index >= 15 is 0 Å². The van der Waals surface area contributed by atoms with E-state index in [1.54, 1.807) is 75.4 Å². The molecule has 3 rings (SSSR count). The molecular weight excluding hydrogens is 568 g/mol. The van der Waals surface area contributed by atoms with Gasteiger partial charge in [-0.3, -0.25) is 14.4 Å². The van der Waals surface area contributed by atoms with Crippen LogP contribution >= 0.6 is 0 Å². The molecule has 8 nitrogen and oxygen atoms in total. The fourth-order valence-electron chi connectivity index (χ4n) is 4.92. The minimum absolute atomic E-state index is 0.153. The van der Waals surface area contributed by atoms with Gasteiger partial charge in [-0.05, 0) is 44.4 Å². The molecule has 0 spiro atoms. The molecule has 1 N–H and O–H groups in total. The lowest BCUT2D eigenvalue weighted by Gasteiger charge is -2.20. The predicted molar refractivity (Wildman–Crippen MR) is 177 cm³/mol. The zero-order valence-electron chi connectivity index (χ0n) is 27.2. The van der Waals surface area contributed by atoms with Crippen molar-refractivity contribution in [3.8, 4) is 0 Å². The summed E-state index contributed by atoms with van der Waals surface area (Å²) in [5, 5.41) is 6.92. The Morgan fingerprint density at radius 2 is 1.36 bits per heavy atom. The average Bonchev–Trinajstić information content (AvgIpc) is 3.52. The molecule has 242 valence electrons. The normalized spacial score (nSPS) is 14.6. The van der Waals surface area contributed by atoms with Gasteiger partial charge in [0.1, 0.15) is 5.60 Å². The first-order chi connectivity index (χ1) is 21.6. The molecule has 1 amide bonds. The standard InChI is InChI=1S/C37H48N2O6/c1-5-6-7-8-9-10-11-12-13-14-25-38-33(40)24-17-27-15-18-29(19-16-27)34(41)35(42)30-22-20-28(21-23-30)31-26-32(45-39-31)36(43)44-37(2,3)4/h15-24,32H,5-14,25-26H2,1-4H3,(H,38,40)/b24-17+.